The number of piperidine rings is 1. The van der Waals surface area contributed by atoms with Gasteiger partial charge in [-0.25, -0.2) is 17.2 Å². The third-order valence-corrected chi connectivity index (χ3v) is 7.28. The number of hydrogen-bond acceptors (Lipinski definition) is 3. The van der Waals surface area contributed by atoms with Crippen molar-refractivity contribution in [2.24, 2.45) is 0 Å². The van der Waals surface area contributed by atoms with Gasteiger partial charge in [-0.05, 0) is 55.7 Å². The van der Waals surface area contributed by atoms with E-state index in [1.165, 1.54) is 27.4 Å². The molecule has 29 heavy (non-hydrogen) atoms. The van der Waals surface area contributed by atoms with Gasteiger partial charge in [0.25, 0.3) is 5.91 Å². The highest BCUT2D eigenvalue weighted by atomic mass is 32.2. The summed E-state index contributed by atoms with van der Waals surface area (Å²) in [6.07, 6.45) is 2.41. The Kier molecular flexibility index (Phi) is 6.33. The fraction of sp³-hybridized carbons (Fsp3) is 0.381. The standard InChI is InChI=1S/C21H24F2N2O3S/c1-15(16-6-9-18(22)10-7-16)24(2)21(26)17-8-11-19(23)20(14-17)29(27,28)25-12-4-3-5-13-25/h6-11,14-15H,3-5,12-13H2,1-2H3. The fourth-order valence-electron chi connectivity index (χ4n) is 3.42. The zero-order valence-corrected chi connectivity index (χ0v) is 17.3. The highest BCUT2D eigenvalue weighted by Crippen LogP contribution is 2.26. The predicted molar refractivity (Wildman–Crippen MR) is 106 cm³/mol. The molecule has 0 aromatic heterocycles. The Bertz CT molecular complexity index is 987. The highest BCUT2D eigenvalue weighted by Gasteiger charge is 2.30. The molecular formula is C21H24F2N2O3S. The molecule has 0 radical (unpaired) electrons. The van der Waals surface area contributed by atoms with Crippen molar-refractivity contribution in [3.63, 3.8) is 0 Å². The molecule has 1 aliphatic rings. The summed E-state index contributed by atoms with van der Waals surface area (Å²) >= 11 is 0. The van der Waals surface area contributed by atoms with Gasteiger partial charge in [0.1, 0.15) is 16.5 Å². The summed E-state index contributed by atoms with van der Waals surface area (Å²) in [5.41, 5.74) is 0.809. The summed E-state index contributed by atoms with van der Waals surface area (Å²) in [5, 5.41) is 0. The number of amides is 1. The van der Waals surface area contributed by atoms with E-state index in [0.29, 0.717) is 13.1 Å². The lowest BCUT2D eigenvalue weighted by Gasteiger charge is -2.27. The highest BCUT2D eigenvalue weighted by molar-refractivity contribution is 7.89. The lowest BCUT2D eigenvalue weighted by atomic mass is 10.1. The van der Waals surface area contributed by atoms with Crippen LogP contribution in [0.3, 0.4) is 0 Å². The van der Waals surface area contributed by atoms with Crippen molar-refractivity contribution in [2.45, 2.75) is 37.1 Å². The van der Waals surface area contributed by atoms with Crippen molar-refractivity contribution in [3.05, 3.63) is 65.2 Å². The van der Waals surface area contributed by atoms with Crippen LogP contribution in [0.15, 0.2) is 47.4 Å². The van der Waals surface area contributed by atoms with E-state index in [1.807, 2.05) is 0 Å². The van der Waals surface area contributed by atoms with E-state index in [-0.39, 0.29) is 17.4 Å². The monoisotopic (exact) mass is 422 g/mol. The molecule has 2 aromatic carbocycles. The van der Waals surface area contributed by atoms with Crippen molar-refractivity contribution in [1.29, 1.82) is 0 Å². The first-order valence-corrected chi connectivity index (χ1v) is 11.0. The topological polar surface area (TPSA) is 57.7 Å². The van der Waals surface area contributed by atoms with Crippen LogP contribution in [0.1, 0.15) is 48.1 Å². The summed E-state index contributed by atoms with van der Waals surface area (Å²) in [5.74, 6) is -1.70. The molecule has 1 atom stereocenters. The van der Waals surface area contributed by atoms with Crippen molar-refractivity contribution in [3.8, 4) is 0 Å². The van der Waals surface area contributed by atoms with Gasteiger partial charge in [0.15, 0.2) is 0 Å². The lowest BCUT2D eigenvalue weighted by Crippen LogP contribution is -2.36. The molecule has 0 aliphatic carbocycles. The molecule has 1 amide bonds. The third-order valence-electron chi connectivity index (χ3n) is 5.36. The van der Waals surface area contributed by atoms with Crippen LogP contribution in [-0.4, -0.2) is 43.7 Å². The molecular weight excluding hydrogens is 398 g/mol. The van der Waals surface area contributed by atoms with E-state index in [0.717, 1.165) is 37.0 Å². The summed E-state index contributed by atoms with van der Waals surface area (Å²) in [6.45, 7) is 2.48. The van der Waals surface area contributed by atoms with E-state index in [1.54, 1.807) is 26.1 Å². The van der Waals surface area contributed by atoms with Gasteiger partial charge in [0.05, 0.1) is 6.04 Å². The second kappa shape index (κ2) is 8.59. The van der Waals surface area contributed by atoms with Gasteiger partial charge in [0.2, 0.25) is 10.0 Å². The van der Waals surface area contributed by atoms with Crippen LogP contribution in [0.25, 0.3) is 0 Å². The largest absolute Gasteiger partial charge is 0.335 e. The van der Waals surface area contributed by atoms with Crippen molar-refractivity contribution < 1.29 is 22.0 Å². The maximum Gasteiger partial charge on any atom is 0.254 e. The SMILES string of the molecule is CC(c1ccc(F)cc1)N(C)C(=O)c1ccc(F)c(S(=O)(=O)N2CCCCC2)c1. The zero-order valence-electron chi connectivity index (χ0n) is 16.4. The number of hydrogen-bond donors (Lipinski definition) is 0. The van der Waals surface area contributed by atoms with Gasteiger partial charge in [-0.3, -0.25) is 4.79 Å². The van der Waals surface area contributed by atoms with Gasteiger partial charge in [-0.1, -0.05) is 18.6 Å². The number of sulfonamides is 1. The minimum Gasteiger partial charge on any atom is -0.335 e. The van der Waals surface area contributed by atoms with Crippen LogP contribution in [-0.2, 0) is 10.0 Å². The van der Waals surface area contributed by atoms with E-state index in [2.05, 4.69) is 0 Å². The second-order valence-corrected chi connectivity index (χ2v) is 9.16. The molecule has 8 heteroatoms. The zero-order chi connectivity index (χ0) is 21.2. The minimum atomic E-state index is -4.01. The number of carbonyl (C=O) groups excluding carboxylic acids is 1. The summed E-state index contributed by atoms with van der Waals surface area (Å²) in [4.78, 5) is 13.8. The van der Waals surface area contributed by atoms with Crippen LogP contribution in [0, 0.1) is 11.6 Å². The predicted octanol–water partition coefficient (Wildman–Crippen LogP) is 3.97. The smallest absolute Gasteiger partial charge is 0.254 e. The molecule has 1 heterocycles. The molecule has 0 bridgehead atoms. The van der Waals surface area contributed by atoms with Crippen LogP contribution < -0.4 is 0 Å². The quantitative estimate of drug-likeness (QED) is 0.733. The molecule has 1 aliphatic heterocycles. The van der Waals surface area contributed by atoms with Gasteiger partial charge >= 0.3 is 0 Å². The summed E-state index contributed by atoms with van der Waals surface area (Å²) in [6, 6.07) is 8.81. The normalized spacial score (nSPS) is 16.4. The number of carbonyl (C=O) groups is 1. The minimum absolute atomic E-state index is 0.0819. The number of rotatable bonds is 5. The molecule has 0 N–H and O–H groups in total. The average Bonchev–Trinajstić information content (AvgIpc) is 2.73. The number of nitrogens with zero attached hydrogens (tertiary/aromatic N) is 2. The Morgan fingerprint density at radius 3 is 2.28 bits per heavy atom. The Labute approximate surface area is 170 Å². The van der Waals surface area contributed by atoms with Gasteiger partial charge in [-0.2, -0.15) is 4.31 Å². The molecule has 156 valence electrons. The first-order valence-electron chi connectivity index (χ1n) is 9.54. The lowest BCUT2D eigenvalue weighted by molar-refractivity contribution is 0.0742. The molecule has 1 saturated heterocycles. The summed E-state index contributed by atoms with van der Waals surface area (Å²) in [7, 11) is -2.44. The fourth-order valence-corrected chi connectivity index (χ4v) is 5.03. The maximum absolute atomic E-state index is 14.4. The Hall–Kier alpha value is -2.32. The van der Waals surface area contributed by atoms with E-state index in [9.17, 15) is 22.0 Å². The Balaban J connectivity index is 1.88. The van der Waals surface area contributed by atoms with Crippen LogP contribution in [0.4, 0.5) is 8.78 Å². The first kappa shape index (κ1) is 21.4. The van der Waals surface area contributed by atoms with Gasteiger partial charge in [-0.15, -0.1) is 0 Å². The van der Waals surface area contributed by atoms with Crippen molar-refractivity contribution >= 4 is 15.9 Å². The second-order valence-electron chi connectivity index (χ2n) is 7.25. The molecule has 3 rings (SSSR count). The molecule has 1 unspecified atom stereocenters. The molecule has 0 saturated carbocycles. The van der Waals surface area contributed by atoms with Gasteiger partial charge < -0.3 is 4.90 Å². The molecule has 2 aromatic rings. The number of benzene rings is 2. The maximum atomic E-state index is 14.4. The van der Waals surface area contributed by atoms with E-state index in [4.69, 9.17) is 0 Å². The van der Waals surface area contributed by atoms with Crippen LogP contribution >= 0.6 is 0 Å². The first-order chi connectivity index (χ1) is 13.7. The van der Waals surface area contributed by atoms with E-state index < -0.39 is 26.6 Å². The average molecular weight is 422 g/mol. The van der Waals surface area contributed by atoms with Crippen LogP contribution in [0.5, 0.6) is 0 Å². The van der Waals surface area contributed by atoms with Gasteiger partial charge in [0, 0.05) is 25.7 Å². The van der Waals surface area contributed by atoms with Crippen molar-refractivity contribution in [2.75, 3.05) is 20.1 Å². The van der Waals surface area contributed by atoms with E-state index >= 15 is 0 Å². The summed E-state index contributed by atoms with van der Waals surface area (Å²) < 4.78 is 54.5. The Morgan fingerprint density at radius 2 is 1.66 bits per heavy atom. The molecule has 5 nitrogen and oxygen atoms in total. The molecule has 0 spiro atoms. The number of halogens is 2. The van der Waals surface area contributed by atoms with Crippen molar-refractivity contribution in [1.82, 2.24) is 9.21 Å². The third kappa shape index (κ3) is 4.48. The van der Waals surface area contributed by atoms with Crippen LogP contribution in [0.2, 0.25) is 0 Å². The molecule has 1 fully saturated rings. The Morgan fingerprint density at radius 1 is 1.03 bits per heavy atom.